The summed E-state index contributed by atoms with van der Waals surface area (Å²) < 4.78 is 0. The van der Waals surface area contributed by atoms with Crippen LogP contribution in [0.15, 0.2) is 35.8 Å². The first-order valence-electron chi connectivity index (χ1n) is 5.77. The van der Waals surface area contributed by atoms with Gasteiger partial charge in [-0.1, -0.05) is 24.3 Å². The summed E-state index contributed by atoms with van der Waals surface area (Å²) in [6, 6.07) is 8.41. The van der Waals surface area contributed by atoms with Crippen molar-refractivity contribution in [1.82, 2.24) is 15.2 Å². The molecular formula is C14H13N3S. The number of rotatable bonds is 2. The molecule has 3 rings (SSSR count). The molecule has 0 radical (unpaired) electrons. The summed E-state index contributed by atoms with van der Waals surface area (Å²) in [7, 11) is 0. The van der Waals surface area contributed by atoms with Crippen LogP contribution < -0.4 is 0 Å². The van der Waals surface area contributed by atoms with E-state index in [1.54, 1.807) is 11.3 Å². The Morgan fingerprint density at radius 2 is 1.78 bits per heavy atom. The van der Waals surface area contributed by atoms with E-state index in [-0.39, 0.29) is 0 Å². The van der Waals surface area contributed by atoms with Crippen molar-refractivity contribution in [3.8, 4) is 22.5 Å². The molecule has 0 aliphatic carbocycles. The number of aromatic nitrogens is 3. The van der Waals surface area contributed by atoms with E-state index in [0.29, 0.717) is 0 Å². The van der Waals surface area contributed by atoms with Crippen LogP contribution in [-0.4, -0.2) is 15.2 Å². The number of H-pyrrole nitrogens is 1. The maximum atomic E-state index is 4.49. The Labute approximate surface area is 110 Å². The first-order chi connectivity index (χ1) is 8.74. The van der Waals surface area contributed by atoms with E-state index in [1.807, 2.05) is 13.1 Å². The van der Waals surface area contributed by atoms with E-state index in [9.17, 15) is 0 Å². The van der Waals surface area contributed by atoms with E-state index < -0.39 is 0 Å². The highest BCUT2D eigenvalue weighted by Gasteiger charge is 2.05. The zero-order valence-corrected chi connectivity index (χ0v) is 11.1. The van der Waals surface area contributed by atoms with Gasteiger partial charge in [0.05, 0.1) is 22.6 Å². The highest BCUT2D eigenvalue weighted by atomic mass is 32.1. The summed E-state index contributed by atoms with van der Waals surface area (Å²) in [5.74, 6) is 0. The molecule has 0 unspecified atom stereocenters. The molecular weight excluding hydrogens is 242 g/mol. The fourth-order valence-electron chi connectivity index (χ4n) is 1.94. The number of hydrogen-bond acceptors (Lipinski definition) is 3. The van der Waals surface area contributed by atoms with Crippen LogP contribution in [0.2, 0.25) is 0 Å². The van der Waals surface area contributed by atoms with Crippen molar-refractivity contribution >= 4 is 11.3 Å². The molecule has 0 spiro atoms. The molecule has 0 saturated carbocycles. The van der Waals surface area contributed by atoms with Gasteiger partial charge in [0.2, 0.25) is 0 Å². The second-order valence-electron chi connectivity index (χ2n) is 4.26. The molecule has 1 aromatic carbocycles. The average Bonchev–Trinajstić information content (AvgIpc) is 2.98. The molecule has 2 heterocycles. The van der Waals surface area contributed by atoms with Gasteiger partial charge in [0, 0.05) is 10.9 Å². The number of aryl methyl sites for hydroxylation is 2. The average molecular weight is 255 g/mol. The Hall–Kier alpha value is -1.94. The predicted molar refractivity (Wildman–Crippen MR) is 74.6 cm³/mol. The van der Waals surface area contributed by atoms with Gasteiger partial charge in [0.25, 0.3) is 0 Å². The van der Waals surface area contributed by atoms with Gasteiger partial charge < -0.3 is 0 Å². The molecule has 2 aromatic heterocycles. The van der Waals surface area contributed by atoms with Crippen LogP contribution in [-0.2, 0) is 0 Å². The molecule has 0 aliphatic heterocycles. The minimum Gasteiger partial charge on any atom is -0.278 e. The van der Waals surface area contributed by atoms with E-state index in [1.165, 1.54) is 0 Å². The lowest BCUT2D eigenvalue weighted by Crippen LogP contribution is -1.83. The van der Waals surface area contributed by atoms with Crippen LogP contribution in [0.1, 0.15) is 10.6 Å². The van der Waals surface area contributed by atoms with Crippen LogP contribution in [0.3, 0.4) is 0 Å². The van der Waals surface area contributed by atoms with Crippen molar-refractivity contribution in [3.05, 3.63) is 46.4 Å². The smallest absolute Gasteiger partial charge is 0.0901 e. The van der Waals surface area contributed by atoms with Gasteiger partial charge in [-0.15, -0.1) is 11.3 Å². The topological polar surface area (TPSA) is 41.6 Å². The third-order valence-corrected chi connectivity index (χ3v) is 3.69. The Balaban J connectivity index is 1.97. The third-order valence-electron chi connectivity index (χ3n) is 2.92. The normalized spacial score (nSPS) is 10.8. The largest absolute Gasteiger partial charge is 0.278 e. The molecule has 3 nitrogen and oxygen atoms in total. The lowest BCUT2D eigenvalue weighted by molar-refractivity contribution is 1.10. The van der Waals surface area contributed by atoms with E-state index in [0.717, 1.165) is 33.1 Å². The molecule has 0 saturated heterocycles. The molecule has 0 fully saturated rings. The van der Waals surface area contributed by atoms with E-state index >= 15 is 0 Å². The van der Waals surface area contributed by atoms with Gasteiger partial charge in [0.1, 0.15) is 0 Å². The van der Waals surface area contributed by atoms with E-state index in [2.05, 4.69) is 51.8 Å². The monoisotopic (exact) mass is 255 g/mol. The third kappa shape index (κ3) is 1.95. The zero-order chi connectivity index (χ0) is 12.5. The molecule has 4 heteroatoms. The second-order valence-corrected chi connectivity index (χ2v) is 5.32. The lowest BCUT2D eigenvalue weighted by Gasteiger charge is -2.01. The van der Waals surface area contributed by atoms with Gasteiger partial charge in [-0.05, 0) is 25.0 Å². The number of nitrogens with zero attached hydrogens (tertiary/aromatic N) is 2. The summed E-state index contributed by atoms with van der Waals surface area (Å²) in [6.45, 7) is 4.08. The highest BCUT2D eigenvalue weighted by molar-refractivity contribution is 7.09. The number of benzene rings is 1. The number of hydrogen-bond donors (Lipinski definition) is 1. The Kier molecular flexibility index (Phi) is 2.72. The van der Waals surface area contributed by atoms with Crippen LogP contribution in [0.4, 0.5) is 0 Å². The Morgan fingerprint density at radius 3 is 2.33 bits per heavy atom. The fraction of sp³-hybridized carbons (Fsp3) is 0.143. The van der Waals surface area contributed by atoms with Gasteiger partial charge in [-0.25, -0.2) is 4.98 Å². The summed E-state index contributed by atoms with van der Waals surface area (Å²) in [5, 5.41) is 10.3. The quantitative estimate of drug-likeness (QED) is 0.756. The van der Waals surface area contributed by atoms with E-state index in [4.69, 9.17) is 0 Å². The van der Waals surface area contributed by atoms with Crippen molar-refractivity contribution in [1.29, 1.82) is 0 Å². The van der Waals surface area contributed by atoms with Crippen LogP contribution >= 0.6 is 11.3 Å². The highest BCUT2D eigenvalue weighted by Crippen LogP contribution is 2.26. The molecule has 0 bridgehead atoms. The standard InChI is InChI=1S/C14H13N3S/c1-9-7-15-17-14(9)12-5-3-11(4-6-12)13-8-18-10(2)16-13/h3-8H,1-2H3,(H,15,17). The Bertz CT molecular complexity index is 664. The maximum Gasteiger partial charge on any atom is 0.0901 e. The van der Waals surface area contributed by atoms with Crippen molar-refractivity contribution in [3.63, 3.8) is 0 Å². The van der Waals surface area contributed by atoms with Crippen molar-refractivity contribution in [2.45, 2.75) is 13.8 Å². The maximum absolute atomic E-state index is 4.49. The Morgan fingerprint density at radius 1 is 1.06 bits per heavy atom. The molecule has 0 aliphatic rings. The summed E-state index contributed by atoms with van der Waals surface area (Å²) >= 11 is 1.68. The summed E-state index contributed by atoms with van der Waals surface area (Å²) in [5.41, 5.74) is 5.59. The molecule has 90 valence electrons. The lowest BCUT2D eigenvalue weighted by atomic mass is 10.1. The minimum atomic E-state index is 1.05. The first-order valence-corrected chi connectivity index (χ1v) is 6.65. The molecule has 18 heavy (non-hydrogen) atoms. The van der Waals surface area contributed by atoms with Gasteiger partial charge in [0.15, 0.2) is 0 Å². The number of thiazole rings is 1. The van der Waals surface area contributed by atoms with Crippen LogP contribution in [0, 0.1) is 13.8 Å². The van der Waals surface area contributed by atoms with Crippen molar-refractivity contribution in [2.75, 3.05) is 0 Å². The molecule has 3 aromatic rings. The molecule has 0 atom stereocenters. The summed E-state index contributed by atoms with van der Waals surface area (Å²) in [6.07, 6.45) is 1.84. The zero-order valence-electron chi connectivity index (χ0n) is 10.3. The molecule has 1 N–H and O–H groups in total. The molecule has 0 amide bonds. The number of aromatic amines is 1. The summed E-state index contributed by atoms with van der Waals surface area (Å²) in [4.78, 5) is 4.49. The SMILES string of the molecule is Cc1nc(-c2ccc(-c3[nH]ncc3C)cc2)cs1. The van der Waals surface area contributed by atoms with Crippen molar-refractivity contribution < 1.29 is 0 Å². The first kappa shape index (κ1) is 11.2. The fourth-order valence-corrected chi connectivity index (χ4v) is 2.56. The van der Waals surface area contributed by atoms with Crippen LogP contribution in [0.25, 0.3) is 22.5 Å². The van der Waals surface area contributed by atoms with Gasteiger partial charge in [-0.2, -0.15) is 5.10 Å². The van der Waals surface area contributed by atoms with Gasteiger partial charge >= 0.3 is 0 Å². The predicted octanol–water partition coefficient (Wildman–Crippen LogP) is 3.82. The number of nitrogens with one attached hydrogen (secondary N) is 1. The van der Waals surface area contributed by atoms with Crippen molar-refractivity contribution in [2.24, 2.45) is 0 Å². The second kappa shape index (κ2) is 4.38. The van der Waals surface area contributed by atoms with Crippen LogP contribution in [0.5, 0.6) is 0 Å². The van der Waals surface area contributed by atoms with Gasteiger partial charge in [-0.3, -0.25) is 5.10 Å². The minimum absolute atomic E-state index is 1.05.